The van der Waals surface area contributed by atoms with Gasteiger partial charge in [-0.05, 0) is 36.8 Å². The second-order valence-corrected chi connectivity index (χ2v) is 10.3. The second kappa shape index (κ2) is 13.9. The number of ether oxygens (including phenoxy) is 5. The monoisotopic (exact) mass is 614 g/mol. The van der Waals surface area contributed by atoms with E-state index in [1.807, 2.05) is 6.20 Å². The lowest BCUT2D eigenvalue weighted by molar-refractivity contribution is -0.132. The van der Waals surface area contributed by atoms with Crippen LogP contribution in [-0.2, 0) is 24.4 Å². The number of aryl methyl sites for hydroxylation is 1. The van der Waals surface area contributed by atoms with Crippen LogP contribution < -0.4 is 23.7 Å². The number of carboxylic acids is 2. The van der Waals surface area contributed by atoms with Crippen LogP contribution in [0, 0.1) is 0 Å². The number of methoxy groups -OCH3 is 2. The number of unbranched alkanes of at least 4 members (excludes halogenated alkanes) is 1. The van der Waals surface area contributed by atoms with Crippen molar-refractivity contribution in [1.29, 1.82) is 0 Å². The number of nitrogens with zero attached hydrogens (tertiary/aromatic N) is 2. The topological polar surface area (TPSA) is 139 Å². The van der Waals surface area contributed by atoms with Crippen LogP contribution in [0.4, 0.5) is 0 Å². The molecule has 0 radical (unpaired) electrons. The van der Waals surface area contributed by atoms with Crippen LogP contribution >= 0.6 is 0 Å². The number of hydrogen-bond acceptors (Lipinski definition) is 8. The summed E-state index contributed by atoms with van der Waals surface area (Å²) in [5.41, 5.74) is 3.04. The van der Waals surface area contributed by atoms with Gasteiger partial charge in [0, 0.05) is 59.1 Å². The van der Waals surface area contributed by atoms with Gasteiger partial charge < -0.3 is 33.9 Å². The standard InChI is InChI=1S/C34H34N2O9/c1-4-5-12-36-18-24(14-23(33(37)38)13-22-15-30-31(45-20-44-30)17-28(22)42-3)32(35-36)27-11-10-25(41-2)16-29(27)43-19-21-8-6-7-9-26(21)34(39)40/h6-11,14-18H,4-5,12-13,19-20H2,1-3H3,(H,37,38)(H,39,40)/b23-14+. The van der Waals surface area contributed by atoms with Gasteiger partial charge in [0.25, 0.3) is 0 Å². The molecule has 0 bridgehead atoms. The molecule has 234 valence electrons. The molecule has 0 saturated carbocycles. The average molecular weight is 615 g/mol. The van der Waals surface area contributed by atoms with Gasteiger partial charge in [-0.2, -0.15) is 5.10 Å². The summed E-state index contributed by atoms with van der Waals surface area (Å²) >= 11 is 0. The molecule has 2 heterocycles. The number of benzene rings is 3. The third kappa shape index (κ3) is 7.04. The second-order valence-electron chi connectivity index (χ2n) is 10.3. The Balaban J connectivity index is 1.57. The number of fused-ring (bicyclic) bond motifs is 1. The molecule has 3 aromatic carbocycles. The first-order valence-corrected chi connectivity index (χ1v) is 14.4. The highest BCUT2D eigenvalue weighted by atomic mass is 16.7. The van der Waals surface area contributed by atoms with E-state index in [1.54, 1.807) is 59.3 Å². The Kier molecular flexibility index (Phi) is 9.57. The number of aliphatic carboxylic acids is 1. The molecule has 11 heteroatoms. The van der Waals surface area contributed by atoms with Crippen molar-refractivity contribution in [1.82, 2.24) is 9.78 Å². The summed E-state index contributed by atoms with van der Waals surface area (Å²) in [6.07, 6.45) is 5.29. The summed E-state index contributed by atoms with van der Waals surface area (Å²) in [4.78, 5) is 24.4. The molecular weight excluding hydrogens is 580 g/mol. The van der Waals surface area contributed by atoms with Crippen molar-refractivity contribution in [3.05, 3.63) is 88.6 Å². The maximum Gasteiger partial charge on any atom is 0.336 e. The zero-order valence-corrected chi connectivity index (χ0v) is 25.2. The van der Waals surface area contributed by atoms with Crippen LogP contribution in [-0.4, -0.2) is 52.9 Å². The summed E-state index contributed by atoms with van der Waals surface area (Å²) in [6.45, 7) is 2.78. The summed E-state index contributed by atoms with van der Waals surface area (Å²) in [6, 6.07) is 15.3. The van der Waals surface area contributed by atoms with Crippen molar-refractivity contribution in [3.8, 4) is 40.0 Å². The van der Waals surface area contributed by atoms with E-state index in [2.05, 4.69) is 6.92 Å². The first-order chi connectivity index (χ1) is 21.8. The van der Waals surface area contributed by atoms with Gasteiger partial charge in [0.15, 0.2) is 11.5 Å². The minimum absolute atomic E-state index is 0.0192. The molecule has 1 aromatic heterocycles. The number of carbonyl (C=O) groups is 2. The van der Waals surface area contributed by atoms with E-state index in [9.17, 15) is 19.8 Å². The van der Waals surface area contributed by atoms with Gasteiger partial charge in [0.1, 0.15) is 29.5 Å². The predicted molar refractivity (Wildman–Crippen MR) is 165 cm³/mol. The summed E-state index contributed by atoms with van der Waals surface area (Å²) in [5, 5.41) is 24.8. The minimum Gasteiger partial charge on any atom is -0.497 e. The fourth-order valence-corrected chi connectivity index (χ4v) is 5.02. The maximum atomic E-state index is 12.6. The zero-order valence-electron chi connectivity index (χ0n) is 25.2. The average Bonchev–Trinajstić information content (AvgIpc) is 3.68. The fourth-order valence-electron chi connectivity index (χ4n) is 5.02. The van der Waals surface area contributed by atoms with E-state index in [0.29, 0.717) is 63.2 Å². The molecule has 4 aromatic rings. The highest BCUT2D eigenvalue weighted by Crippen LogP contribution is 2.40. The number of aromatic carboxylic acids is 1. The number of aromatic nitrogens is 2. The van der Waals surface area contributed by atoms with E-state index in [-0.39, 0.29) is 31.0 Å². The lowest BCUT2D eigenvalue weighted by atomic mass is 9.99. The van der Waals surface area contributed by atoms with E-state index in [0.717, 1.165) is 12.8 Å². The summed E-state index contributed by atoms with van der Waals surface area (Å²) in [5.74, 6) is 0.323. The fraction of sp³-hybridized carbons (Fsp3) is 0.265. The van der Waals surface area contributed by atoms with Gasteiger partial charge >= 0.3 is 11.9 Å². The number of carboxylic acid groups (broad SMARTS) is 2. The lowest BCUT2D eigenvalue weighted by Crippen LogP contribution is -2.06. The maximum absolute atomic E-state index is 12.6. The Bertz CT molecular complexity index is 1740. The third-order valence-electron chi connectivity index (χ3n) is 7.37. The zero-order chi connectivity index (χ0) is 31.9. The Labute approximate surface area is 260 Å². The first-order valence-electron chi connectivity index (χ1n) is 14.4. The Morgan fingerprint density at radius 1 is 0.978 bits per heavy atom. The van der Waals surface area contributed by atoms with Crippen molar-refractivity contribution < 1.29 is 43.5 Å². The van der Waals surface area contributed by atoms with Crippen LogP contribution in [0.2, 0.25) is 0 Å². The van der Waals surface area contributed by atoms with Crippen LogP contribution in [0.1, 0.15) is 46.8 Å². The molecule has 0 atom stereocenters. The molecule has 45 heavy (non-hydrogen) atoms. The smallest absolute Gasteiger partial charge is 0.336 e. The number of hydrogen-bond donors (Lipinski definition) is 2. The molecule has 0 saturated heterocycles. The van der Waals surface area contributed by atoms with Crippen LogP contribution in [0.3, 0.4) is 0 Å². The summed E-state index contributed by atoms with van der Waals surface area (Å²) in [7, 11) is 3.05. The van der Waals surface area contributed by atoms with E-state index < -0.39 is 11.9 Å². The molecule has 0 unspecified atom stereocenters. The molecule has 0 fully saturated rings. The third-order valence-corrected chi connectivity index (χ3v) is 7.37. The molecule has 11 nitrogen and oxygen atoms in total. The van der Waals surface area contributed by atoms with Gasteiger partial charge in [0.2, 0.25) is 6.79 Å². The normalized spacial score (nSPS) is 12.2. The van der Waals surface area contributed by atoms with Crippen molar-refractivity contribution in [3.63, 3.8) is 0 Å². The van der Waals surface area contributed by atoms with Crippen molar-refractivity contribution >= 4 is 18.0 Å². The Morgan fingerprint density at radius 2 is 1.76 bits per heavy atom. The molecule has 1 aliphatic heterocycles. The van der Waals surface area contributed by atoms with E-state index >= 15 is 0 Å². The quantitative estimate of drug-likeness (QED) is 0.161. The van der Waals surface area contributed by atoms with Crippen LogP contribution in [0.15, 0.2) is 66.4 Å². The Morgan fingerprint density at radius 3 is 2.47 bits per heavy atom. The van der Waals surface area contributed by atoms with Crippen molar-refractivity contribution in [2.45, 2.75) is 39.3 Å². The van der Waals surface area contributed by atoms with Gasteiger partial charge in [-0.1, -0.05) is 31.5 Å². The Hall–Kier alpha value is -5.45. The molecule has 2 N–H and O–H groups in total. The van der Waals surface area contributed by atoms with Crippen molar-refractivity contribution in [2.24, 2.45) is 0 Å². The molecule has 5 rings (SSSR count). The molecular formula is C34H34N2O9. The first kappa shape index (κ1) is 31.0. The largest absolute Gasteiger partial charge is 0.497 e. The van der Waals surface area contributed by atoms with Crippen LogP contribution in [0.5, 0.6) is 28.7 Å². The van der Waals surface area contributed by atoms with Gasteiger partial charge in [-0.3, -0.25) is 4.68 Å². The summed E-state index contributed by atoms with van der Waals surface area (Å²) < 4.78 is 29.9. The predicted octanol–water partition coefficient (Wildman–Crippen LogP) is 6.08. The molecule has 0 aliphatic carbocycles. The molecule has 0 spiro atoms. The molecule has 1 aliphatic rings. The highest BCUT2D eigenvalue weighted by molar-refractivity contribution is 5.94. The number of rotatable bonds is 14. The van der Waals surface area contributed by atoms with E-state index in [4.69, 9.17) is 28.8 Å². The van der Waals surface area contributed by atoms with E-state index in [1.165, 1.54) is 20.3 Å². The van der Waals surface area contributed by atoms with Crippen molar-refractivity contribution in [2.75, 3.05) is 21.0 Å². The minimum atomic E-state index is -1.10. The SMILES string of the molecule is CCCCn1cc(/C=C(\Cc2cc3c(cc2OC)OCO3)C(=O)O)c(-c2ccc(OC)cc2OCc2ccccc2C(=O)O)n1. The van der Waals surface area contributed by atoms with Gasteiger partial charge in [-0.15, -0.1) is 0 Å². The van der Waals surface area contributed by atoms with Gasteiger partial charge in [-0.25, -0.2) is 9.59 Å². The molecule has 0 amide bonds. The van der Waals surface area contributed by atoms with Crippen LogP contribution in [0.25, 0.3) is 17.3 Å². The highest BCUT2D eigenvalue weighted by Gasteiger charge is 2.22. The lowest BCUT2D eigenvalue weighted by Gasteiger charge is -2.14. The van der Waals surface area contributed by atoms with Gasteiger partial charge in [0.05, 0.1) is 19.8 Å².